The van der Waals surface area contributed by atoms with Crippen LogP contribution in [0.15, 0.2) is 36.5 Å². The van der Waals surface area contributed by atoms with E-state index < -0.39 is 5.60 Å². The third-order valence-electron chi connectivity index (χ3n) is 3.89. The zero-order valence-corrected chi connectivity index (χ0v) is 11.6. The monoisotopic (exact) mass is 234 g/mol. The zero-order valence-electron chi connectivity index (χ0n) is 11.6. The van der Waals surface area contributed by atoms with Crippen LogP contribution in [0.25, 0.3) is 0 Å². The van der Waals surface area contributed by atoms with Crippen LogP contribution in [0.4, 0.5) is 0 Å². The Morgan fingerprint density at radius 1 is 1.29 bits per heavy atom. The molecule has 17 heavy (non-hydrogen) atoms. The molecule has 0 atom stereocenters. The normalized spacial score (nSPS) is 20.2. The fourth-order valence-electron chi connectivity index (χ4n) is 3.42. The Hall–Kier alpha value is -0.820. The predicted molar refractivity (Wildman–Crippen MR) is 74.9 cm³/mol. The highest BCUT2D eigenvalue weighted by Gasteiger charge is 2.41. The van der Waals surface area contributed by atoms with Crippen LogP contribution in [0, 0.1) is 5.41 Å². The van der Waals surface area contributed by atoms with E-state index in [1.807, 2.05) is 12.2 Å². The maximum absolute atomic E-state index is 10.9. The number of aliphatic hydroxyl groups is 1. The van der Waals surface area contributed by atoms with E-state index in [0.29, 0.717) is 12.8 Å². The van der Waals surface area contributed by atoms with E-state index in [0.717, 1.165) is 12.8 Å². The second kappa shape index (κ2) is 5.22. The van der Waals surface area contributed by atoms with E-state index in [1.54, 1.807) is 0 Å². The lowest BCUT2D eigenvalue weighted by molar-refractivity contribution is 0.0561. The van der Waals surface area contributed by atoms with Gasteiger partial charge < -0.3 is 5.11 Å². The summed E-state index contributed by atoms with van der Waals surface area (Å²) in [5.41, 5.74) is 1.88. The number of allylic oxidation sites excluding steroid dienone is 1. The molecule has 1 rings (SSSR count). The average Bonchev–Trinajstić information content (AvgIpc) is 2.15. The number of rotatable bonds is 5. The summed E-state index contributed by atoms with van der Waals surface area (Å²) in [7, 11) is 0. The summed E-state index contributed by atoms with van der Waals surface area (Å²) in [6, 6.07) is 0. The summed E-state index contributed by atoms with van der Waals surface area (Å²) in [4.78, 5) is 0. The lowest BCUT2D eigenvalue weighted by Gasteiger charge is -2.43. The molecule has 1 aliphatic carbocycles. The molecule has 96 valence electrons. The standard InChI is InChI=1S/C16H26O/c1-6-10-16(17,11-7-2)14-13(3)9-8-12-15(14,4)5/h6-7,17H,1-2,8-12H2,3-5H3. The molecular weight excluding hydrogens is 208 g/mol. The molecule has 0 amide bonds. The van der Waals surface area contributed by atoms with Crippen LogP contribution in [0.1, 0.15) is 52.9 Å². The highest BCUT2D eigenvalue weighted by molar-refractivity contribution is 5.32. The molecule has 0 saturated carbocycles. The minimum atomic E-state index is -0.780. The van der Waals surface area contributed by atoms with E-state index in [1.165, 1.54) is 17.6 Å². The van der Waals surface area contributed by atoms with E-state index in [9.17, 15) is 5.11 Å². The molecule has 1 N–H and O–H groups in total. The van der Waals surface area contributed by atoms with Crippen molar-refractivity contribution in [1.82, 2.24) is 0 Å². The molecule has 0 saturated heterocycles. The van der Waals surface area contributed by atoms with Crippen molar-refractivity contribution >= 4 is 0 Å². The van der Waals surface area contributed by atoms with Gasteiger partial charge in [-0.05, 0) is 50.0 Å². The lowest BCUT2D eigenvalue weighted by Crippen LogP contribution is -2.39. The fourth-order valence-corrected chi connectivity index (χ4v) is 3.42. The molecule has 0 heterocycles. The summed E-state index contributed by atoms with van der Waals surface area (Å²) in [5, 5.41) is 10.9. The van der Waals surface area contributed by atoms with Crippen LogP contribution in [-0.4, -0.2) is 10.7 Å². The van der Waals surface area contributed by atoms with Crippen molar-refractivity contribution in [1.29, 1.82) is 0 Å². The van der Waals surface area contributed by atoms with Gasteiger partial charge in [0.05, 0.1) is 5.60 Å². The van der Waals surface area contributed by atoms with Crippen LogP contribution in [-0.2, 0) is 0 Å². The van der Waals surface area contributed by atoms with Crippen molar-refractivity contribution in [2.45, 2.75) is 58.5 Å². The Kier molecular flexibility index (Phi) is 4.37. The van der Waals surface area contributed by atoms with Crippen molar-refractivity contribution in [2.75, 3.05) is 0 Å². The summed E-state index contributed by atoms with van der Waals surface area (Å²) < 4.78 is 0. The Morgan fingerprint density at radius 3 is 2.24 bits per heavy atom. The topological polar surface area (TPSA) is 20.2 Å². The fraction of sp³-hybridized carbons (Fsp3) is 0.625. The van der Waals surface area contributed by atoms with Crippen molar-refractivity contribution < 1.29 is 5.11 Å². The highest BCUT2D eigenvalue weighted by atomic mass is 16.3. The van der Waals surface area contributed by atoms with Gasteiger partial charge in [-0.1, -0.05) is 31.6 Å². The minimum Gasteiger partial charge on any atom is -0.385 e. The third kappa shape index (κ3) is 2.90. The Balaban J connectivity index is 3.23. The predicted octanol–water partition coefficient (Wildman–Crippen LogP) is 4.40. The largest absolute Gasteiger partial charge is 0.385 e. The van der Waals surface area contributed by atoms with Gasteiger partial charge in [-0.2, -0.15) is 0 Å². The maximum atomic E-state index is 10.9. The molecule has 1 heteroatoms. The smallest absolute Gasteiger partial charge is 0.0932 e. The van der Waals surface area contributed by atoms with Gasteiger partial charge in [0.2, 0.25) is 0 Å². The molecule has 0 spiro atoms. The highest BCUT2D eigenvalue weighted by Crippen LogP contribution is 2.47. The lowest BCUT2D eigenvalue weighted by atomic mass is 9.64. The molecular formula is C16H26O. The maximum Gasteiger partial charge on any atom is 0.0932 e. The van der Waals surface area contributed by atoms with Gasteiger partial charge in [-0.25, -0.2) is 0 Å². The molecule has 1 aliphatic rings. The Labute approximate surface area is 106 Å². The van der Waals surface area contributed by atoms with Crippen LogP contribution in [0.2, 0.25) is 0 Å². The number of hydrogen-bond donors (Lipinski definition) is 1. The molecule has 0 aliphatic heterocycles. The van der Waals surface area contributed by atoms with Crippen LogP contribution in [0.3, 0.4) is 0 Å². The van der Waals surface area contributed by atoms with Gasteiger partial charge in [0, 0.05) is 0 Å². The van der Waals surface area contributed by atoms with E-state index in [-0.39, 0.29) is 5.41 Å². The molecule has 0 radical (unpaired) electrons. The summed E-state index contributed by atoms with van der Waals surface area (Å²) in [6.07, 6.45) is 8.32. The Bertz CT molecular complexity index is 323. The van der Waals surface area contributed by atoms with Gasteiger partial charge in [0.15, 0.2) is 0 Å². The summed E-state index contributed by atoms with van der Waals surface area (Å²) in [6.45, 7) is 14.2. The van der Waals surface area contributed by atoms with Gasteiger partial charge in [0.25, 0.3) is 0 Å². The molecule has 0 unspecified atom stereocenters. The summed E-state index contributed by atoms with van der Waals surface area (Å²) in [5.74, 6) is 0. The van der Waals surface area contributed by atoms with E-state index >= 15 is 0 Å². The first-order chi connectivity index (χ1) is 7.87. The van der Waals surface area contributed by atoms with Gasteiger partial charge >= 0.3 is 0 Å². The molecule has 0 aromatic rings. The van der Waals surface area contributed by atoms with Crippen LogP contribution >= 0.6 is 0 Å². The molecule has 0 aromatic carbocycles. The average molecular weight is 234 g/mol. The minimum absolute atomic E-state index is 0.0864. The molecule has 0 fully saturated rings. The third-order valence-corrected chi connectivity index (χ3v) is 3.89. The van der Waals surface area contributed by atoms with Crippen molar-refractivity contribution in [3.63, 3.8) is 0 Å². The van der Waals surface area contributed by atoms with Gasteiger partial charge in [0.1, 0.15) is 0 Å². The quantitative estimate of drug-likeness (QED) is 0.699. The number of hydrogen-bond acceptors (Lipinski definition) is 1. The zero-order chi connectivity index (χ0) is 13.1. The second-order valence-corrected chi connectivity index (χ2v) is 5.91. The first kappa shape index (κ1) is 14.2. The molecule has 0 bridgehead atoms. The van der Waals surface area contributed by atoms with Crippen LogP contribution in [0.5, 0.6) is 0 Å². The SMILES string of the molecule is C=CCC(O)(CC=C)C1=C(C)CCCC1(C)C. The molecule has 0 aromatic heterocycles. The summed E-state index contributed by atoms with van der Waals surface area (Å²) >= 11 is 0. The van der Waals surface area contributed by atoms with Crippen molar-refractivity contribution in [2.24, 2.45) is 5.41 Å². The first-order valence-corrected chi connectivity index (χ1v) is 6.52. The first-order valence-electron chi connectivity index (χ1n) is 6.52. The molecule has 1 nitrogen and oxygen atoms in total. The second-order valence-electron chi connectivity index (χ2n) is 5.91. The van der Waals surface area contributed by atoms with E-state index in [4.69, 9.17) is 0 Å². The van der Waals surface area contributed by atoms with Crippen molar-refractivity contribution in [3.8, 4) is 0 Å². The van der Waals surface area contributed by atoms with E-state index in [2.05, 4.69) is 33.9 Å². The van der Waals surface area contributed by atoms with Gasteiger partial charge in [-0.15, -0.1) is 13.2 Å². The van der Waals surface area contributed by atoms with Gasteiger partial charge in [-0.3, -0.25) is 0 Å². The van der Waals surface area contributed by atoms with Crippen molar-refractivity contribution in [3.05, 3.63) is 36.5 Å². The Morgan fingerprint density at radius 2 is 1.82 bits per heavy atom. The van der Waals surface area contributed by atoms with Crippen LogP contribution < -0.4 is 0 Å².